The van der Waals surface area contributed by atoms with Crippen LogP contribution in [0.4, 0.5) is 0 Å². The van der Waals surface area contributed by atoms with E-state index >= 15 is 0 Å². The molecule has 2 aromatic rings. The molecule has 6 nitrogen and oxygen atoms in total. The van der Waals surface area contributed by atoms with Crippen LogP contribution in [0.5, 0.6) is 0 Å². The number of amides is 2. The number of nitrogens with zero attached hydrogens (tertiary/aromatic N) is 2. The van der Waals surface area contributed by atoms with Gasteiger partial charge in [0.05, 0.1) is 0 Å². The Morgan fingerprint density at radius 2 is 1.76 bits per heavy atom. The summed E-state index contributed by atoms with van der Waals surface area (Å²) in [4.78, 5) is 45.1. The summed E-state index contributed by atoms with van der Waals surface area (Å²) in [6, 6.07) is 7.53. The number of para-hydroxylation sites is 1. The molecule has 3 heterocycles. The summed E-state index contributed by atoms with van der Waals surface area (Å²) in [5.74, 6) is 0.563. The Kier molecular flexibility index (Phi) is 5.43. The zero-order chi connectivity index (χ0) is 20.5. The van der Waals surface area contributed by atoms with E-state index in [9.17, 15) is 14.4 Å². The molecular weight excluding hydrogens is 366 g/mol. The van der Waals surface area contributed by atoms with Crippen molar-refractivity contribution in [2.45, 2.75) is 39.5 Å². The second kappa shape index (κ2) is 8.01. The smallest absolute Gasteiger partial charge is 0.261 e. The first-order valence-electron chi connectivity index (χ1n) is 10.7. The summed E-state index contributed by atoms with van der Waals surface area (Å²) >= 11 is 0. The van der Waals surface area contributed by atoms with Gasteiger partial charge in [-0.2, -0.15) is 0 Å². The Morgan fingerprint density at radius 3 is 2.48 bits per heavy atom. The van der Waals surface area contributed by atoms with Gasteiger partial charge in [0.15, 0.2) is 0 Å². The number of aromatic amines is 1. The van der Waals surface area contributed by atoms with Crippen molar-refractivity contribution in [3.63, 3.8) is 0 Å². The molecule has 2 aliphatic rings. The Hall–Kier alpha value is -2.63. The molecule has 0 aliphatic carbocycles. The van der Waals surface area contributed by atoms with E-state index in [4.69, 9.17) is 0 Å². The molecule has 1 unspecified atom stereocenters. The van der Waals surface area contributed by atoms with E-state index in [2.05, 4.69) is 11.9 Å². The molecule has 0 saturated carbocycles. The largest absolute Gasteiger partial charge is 0.342 e. The minimum absolute atomic E-state index is 0.0136. The fraction of sp³-hybridized carbons (Fsp3) is 0.522. The van der Waals surface area contributed by atoms with Crippen molar-refractivity contribution >= 4 is 22.7 Å². The van der Waals surface area contributed by atoms with Crippen LogP contribution in [0, 0.1) is 18.8 Å². The van der Waals surface area contributed by atoms with Crippen molar-refractivity contribution in [1.82, 2.24) is 14.8 Å². The molecule has 1 aromatic carbocycles. The number of pyridine rings is 1. The minimum atomic E-state index is -0.341. The number of benzene rings is 1. The van der Waals surface area contributed by atoms with E-state index in [0.29, 0.717) is 31.8 Å². The SMILES string of the molecule is Cc1c(C(=O)N2CCC(C(=O)N3CCCC(C)C3)CC2)c(=O)[nH]c2ccccc12. The van der Waals surface area contributed by atoms with Gasteiger partial charge in [-0.15, -0.1) is 0 Å². The van der Waals surface area contributed by atoms with Gasteiger partial charge in [0, 0.05) is 43.0 Å². The van der Waals surface area contributed by atoms with Gasteiger partial charge in [-0.25, -0.2) is 0 Å². The molecule has 2 amide bonds. The number of carbonyl (C=O) groups is 2. The molecule has 1 N–H and O–H groups in total. The number of piperidine rings is 2. The zero-order valence-corrected chi connectivity index (χ0v) is 17.2. The van der Waals surface area contributed by atoms with E-state index in [1.807, 2.05) is 36.1 Å². The van der Waals surface area contributed by atoms with Gasteiger partial charge in [-0.05, 0) is 50.2 Å². The lowest BCUT2D eigenvalue weighted by atomic mass is 9.92. The molecule has 2 saturated heterocycles. The number of H-pyrrole nitrogens is 1. The molecule has 154 valence electrons. The molecule has 0 spiro atoms. The maximum atomic E-state index is 13.1. The number of aryl methyl sites for hydroxylation is 1. The van der Waals surface area contributed by atoms with Gasteiger partial charge in [0.25, 0.3) is 11.5 Å². The number of likely N-dealkylation sites (tertiary alicyclic amines) is 2. The number of rotatable bonds is 2. The first-order valence-corrected chi connectivity index (χ1v) is 10.7. The highest BCUT2D eigenvalue weighted by Crippen LogP contribution is 2.25. The van der Waals surface area contributed by atoms with E-state index in [0.717, 1.165) is 36.0 Å². The van der Waals surface area contributed by atoms with Crippen LogP contribution < -0.4 is 5.56 Å². The molecule has 1 atom stereocenters. The summed E-state index contributed by atoms with van der Waals surface area (Å²) < 4.78 is 0. The molecule has 1 aromatic heterocycles. The van der Waals surface area contributed by atoms with Crippen LogP contribution in [0.3, 0.4) is 0 Å². The third-order valence-electron chi connectivity index (χ3n) is 6.50. The Morgan fingerprint density at radius 1 is 1.03 bits per heavy atom. The predicted molar refractivity (Wildman–Crippen MR) is 113 cm³/mol. The average Bonchev–Trinajstić information content (AvgIpc) is 2.73. The third-order valence-corrected chi connectivity index (χ3v) is 6.50. The fourth-order valence-electron chi connectivity index (χ4n) is 4.80. The van der Waals surface area contributed by atoms with Crippen LogP contribution in [-0.2, 0) is 4.79 Å². The maximum Gasteiger partial charge on any atom is 0.261 e. The first kappa shape index (κ1) is 19.7. The van der Waals surface area contributed by atoms with E-state index in [1.54, 1.807) is 4.90 Å². The van der Waals surface area contributed by atoms with Gasteiger partial charge >= 0.3 is 0 Å². The predicted octanol–water partition coefficient (Wildman–Crippen LogP) is 2.95. The van der Waals surface area contributed by atoms with Crippen molar-refractivity contribution in [1.29, 1.82) is 0 Å². The van der Waals surface area contributed by atoms with Crippen LogP contribution in [0.2, 0.25) is 0 Å². The van der Waals surface area contributed by atoms with Gasteiger partial charge in [-0.1, -0.05) is 25.1 Å². The van der Waals surface area contributed by atoms with Gasteiger partial charge < -0.3 is 14.8 Å². The number of hydrogen-bond donors (Lipinski definition) is 1. The standard InChI is InChI=1S/C23H29N3O3/c1-15-6-5-11-26(14-15)22(28)17-9-12-25(13-10-17)23(29)20-16(2)18-7-3-4-8-19(18)24-21(20)27/h3-4,7-8,15,17H,5-6,9-14H2,1-2H3,(H,24,27). The van der Waals surface area contributed by atoms with Crippen LogP contribution in [0.25, 0.3) is 10.9 Å². The van der Waals surface area contributed by atoms with Crippen LogP contribution >= 0.6 is 0 Å². The van der Waals surface area contributed by atoms with Crippen molar-refractivity contribution in [2.75, 3.05) is 26.2 Å². The molecular formula is C23H29N3O3. The number of fused-ring (bicyclic) bond motifs is 1. The van der Waals surface area contributed by atoms with Crippen LogP contribution in [-0.4, -0.2) is 52.8 Å². The van der Waals surface area contributed by atoms with Gasteiger partial charge in [-0.3, -0.25) is 14.4 Å². The van der Waals surface area contributed by atoms with E-state index in [-0.39, 0.29) is 28.9 Å². The number of aromatic nitrogens is 1. The molecule has 0 bridgehead atoms. The average molecular weight is 396 g/mol. The number of hydrogen-bond acceptors (Lipinski definition) is 3. The Balaban J connectivity index is 1.46. The van der Waals surface area contributed by atoms with Crippen molar-refractivity contribution in [3.05, 3.63) is 45.7 Å². The number of nitrogens with one attached hydrogen (secondary N) is 1. The molecule has 0 radical (unpaired) electrons. The summed E-state index contributed by atoms with van der Waals surface area (Å²) in [5, 5.41) is 0.889. The van der Waals surface area contributed by atoms with Gasteiger partial charge in [0.2, 0.25) is 5.91 Å². The normalized spacial score (nSPS) is 20.8. The molecule has 2 aliphatic heterocycles. The maximum absolute atomic E-state index is 13.1. The lowest BCUT2D eigenvalue weighted by Crippen LogP contribution is -2.47. The van der Waals surface area contributed by atoms with Crippen molar-refractivity contribution in [3.8, 4) is 0 Å². The summed E-state index contributed by atoms with van der Waals surface area (Å²) in [6.45, 7) is 6.77. The highest BCUT2D eigenvalue weighted by molar-refractivity contribution is 6.00. The van der Waals surface area contributed by atoms with Crippen LogP contribution in [0.15, 0.2) is 29.1 Å². The lowest BCUT2D eigenvalue weighted by molar-refractivity contribution is -0.138. The fourth-order valence-corrected chi connectivity index (χ4v) is 4.80. The van der Waals surface area contributed by atoms with Crippen molar-refractivity contribution < 1.29 is 9.59 Å². The Bertz CT molecular complexity index is 989. The third kappa shape index (κ3) is 3.80. The molecule has 29 heavy (non-hydrogen) atoms. The quantitative estimate of drug-likeness (QED) is 0.850. The summed E-state index contributed by atoms with van der Waals surface area (Å²) in [7, 11) is 0. The summed E-state index contributed by atoms with van der Waals surface area (Å²) in [5.41, 5.74) is 1.34. The van der Waals surface area contributed by atoms with Crippen molar-refractivity contribution in [2.24, 2.45) is 11.8 Å². The number of carbonyl (C=O) groups excluding carboxylic acids is 2. The second-order valence-corrected chi connectivity index (χ2v) is 8.60. The zero-order valence-electron chi connectivity index (χ0n) is 17.2. The minimum Gasteiger partial charge on any atom is -0.342 e. The Labute approximate surface area is 170 Å². The first-order chi connectivity index (χ1) is 14.0. The lowest BCUT2D eigenvalue weighted by Gasteiger charge is -2.37. The van der Waals surface area contributed by atoms with Crippen LogP contribution in [0.1, 0.15) is 48.5 Å². The van der Waals surface area contributed by atoms with E-state index in [1.165, 1.54) is 6.42 Å². The molecule has 4 rings (SSSR count). The van der Waals surface area contributed by atoms with E-state index < -0.39 is 0 Å². The highest BCUT2D eigenvalue weighted by Gasteiger charge is 2.33. The highest BCUT2D eigenvalue weighted by atomic mass is 16.2. The molecule has 2 fully saturated rings. The topological polar surface area (TPSA) is 73.5 Å². The summed E-state index contributed by atoms with van der Waals surface area (Å²) in [6.07, 6.45) is 3.60. The van der Waals surface area contributed by atoms with Gasteiger partial charge in [0.1, 0.15) is 5.56 Å². The monoisotopic (exact) mass is 395 g/mol. The second-order valence-electron chi connectivity index (χ2n) is 8.60. The molecule has 6 heteroatoms.